The third-order valence-electron chi connectivity index (χ3n) is 9.14. The van der Waals surface area contributed by atoms with Crippen LogP contribution in [0.5, 0.6) is 0 Å². The molecular formula is C31H43N7O3S. The Morgan fingerprint density at radius 2 is 1.76 bits per heavy atom. The van der Waals surface area contributed by atoms with Gasteiger partial charge in [0.15, 0.2) is 0 Å². The SMILES string of the molecule is CC(C)c1ccc(CN2CCC(CC#N)(N3NC(Nc4ccc(S(=O)(=O)N(C)C)cc4)C4C(=O)NCCC43)CC2)cc1. The Morgan fingerprint density at radius 3 is 2.36 bits per heavy atom. The lowest BCUT2D eigenvalue weighted by atomic mass is 9.81. The number of carbonyl (C=O) groups excluding carboxylic acids is 1. The number of likely N-dealkylation sites (tertiary alicyclic amines) is 1. The van der Waals surface area contributed by atoms with Crippen LogP contribution in [0.3, 0.4) is 0 Å². The molecule has 0 saturated carbocycles. The van der Waals surface area contributed by atoms with Crippen molar-refractivity contribution in [3.05, 3.63) is 59.7 Å². The smallest absolute Gasteiger partial charge is 0.242 e. The van der Waals surface area contributed by atoms with E-state index in [1.54, 1.807) is 24.3 Å². The van der Waals surface area contributed by atoms with E-state index in [4.69, 9.17) is 0 Å². The predicted molar refractivity (Wildman–Crippen MR) is 163 cm³/mol. The van der Waals surface area contributed by atoms with E-state index in [0.717, 1.165) is 44.6 Å². The van der Waals surface area contributed by atoms with Gasteiger partial charge in [0.2, 0.25) is 15.9 Å². The molecule has 10 nitrogen and oxygen atoms in total. The van der Waals surface area contributed by atoms with Crippen LogP contribution in [-0.2, 0) is 21.4 Å². The molecule has 3 N–H and O–H groups in total. The largest absolute Gasteiger partial charge is 0.368 e. The highest BCUT2D eigenvalue weighted by atomic mass is 32.2. The first-order valence-electron chi connectivity index (χ1n) is 14.8. The van der Waals surface area contributed by atoms with E-state index in [0.29, 0.717) is 18.9 Å². The zero-order chi connectivity index (χ0) is 30.1. The van der Waals surface area contributed by atoms with Crippen LogP contribution in [0.2, 0.25) is 0 Å². The molecule has 2 aromatic rings. The minimum Gasteiger partial charge on any atom is -0.368 e. The van der Waals surface area contributed by atoms with E-state index in [2.05, 4.69) is 70.2 Å². The van der Waals surface area contributed by atoms with E-state index < -0.39 is 10.0 Å². The lowest BCUT2D eigenvalue weighted by Gasteiger charge is -2.49. The van der Waals surface area contributed by atoms with Gasteiger partial charge in [0.25, 0.3) is 0 Å². The molecule has 3 unspecified atom stereocenters. The van der Waals surface area contributed by atoms with Gasteiger partial charge in [-0.15, -0.1) is 0 Å². The second-order valence-electron chi connectivity index (χ2n) is 12.3. The molecule has 0 aromatic heterocycles. The summed E-state index contributed by atoms with van der Waals surface area (Å²) in [5.74, 6) is 0.146. The molecule has 42 heavy (non-hydrogen) atoms. The second-order valence-corrected chi connectivity index (χ2v) is 14.5. The van der Waals surface area contributed by atoms with Crippen LogP contribution in [0.1, 0.15) is 56.6 Å². The molecule has 3 saturated heterocycles. The normalized spacial score (nSPS) is 24.8. The number of rotatable bonds is 9. The second kappa shape index (κ2) is 12.3. The monoisotopic (exact) mass is 593 g/mol. The number of sulfonamides is 1. The van der Waals surface area contributed by atoms with Crippen molar-refractivity contribution in [3.8, 4) is 6.07 Å². The van der Waals surface area contributed by atoms with Gasteiger partial charge in [0.1, 0.15) is 6.17 Å². The summed E-state index contributed by atoms with van der Waals surface area (Å²) in [6.07, 6.45) is 2.44. The predicted octanol–water partition coefficient (Wildman–Crippen LogP) is 3.07. The Kier molecular flexibility index (Phi) is 8.92. The lowest BCUT2D eigenvalue weighted by molar-refractivity contribution is -0.128. The molecule has 11 heteroatoms. The van der Waals surface area contributed by atoms with Crippen molar-refractivity contribution in [2.45, 2.75) is 74.6 Å². The molecule has 0 aliphatic carbocycles. The minimum atomic E-state index is -3.53. The fourth-order valence-corrected chi connectivity index (χ4v) is 7.47. The van der Waals surface area contributed by atoms with Gasteiger partial charge in [-0.05, 0) is 60.6 Å². The van der Waals surface area contributed by atoms with E-state index in [1.165, 1.54) is 29.5 Å². The highest BCUT2D eigenvalue weighted by Crippen LogP contribution is 2.40. The van der Waals surface area contributed by atoms with E-state index in [-0.39, 0.29) is 34.5 Å². The Bertz CT molecular complexity index is 1400. The molecule has 0 spiro atoms. The number of hydrazine groups is 1. The number of carbonyl (C=O) groups is 1. The average molecular weight is 594 g/mol. The van der Waals surface area contributed by atoms with Gasteiger partial charge in [-0.1, -0.05) is 38.1 Å². The molecule has 3 fully saturated rings. The molecule has 3 atom stereocenters. The number of amides is 1. The number of nitriles is 1. The van der Waals surface area contributed by atoms with Gasteiger partial charge >= 0.3 is 0 Å². The number of piperidine rings is 2. The fraction of sp³-hybridized carbons (Fsp3) is 0.548. The number of anilines is 1. The van der Waals surface area contributed by atoms with Crippen molar-refractivity contribution in [2.24, 2.45) is 5.92 Å². The topological polar surface area (TPSA) is 121 Å². The molecule has 3 aliphatic heterocycles. The van der Waals surface area contributed by atoms with E-state index in [9.17, 15) is 18.5 Å². The van der Waals surface area contributed by atoms with E-state index >= 15 is 0 Å². The van der Waals surface area contributed by atoms with Gasteiger partial charge in [0, 0.05) is 52.0 Å². The van der Waals surface area contributed by atoms with Gasteiger partial charge < -0.3 is 10.6 Å². The van der Waals surface area contributed by atoms with Gasteiger partial charge in [-0.25, -0.2) is 23.2 Å². The third kappa shape index (κ3) is 6.05. The summed E-state index contributed by atoms with van der Waals surface area (Å²) in [5, 5.41) is 18.6. The molecule has 3 aliphatic rings. The number of nitrogens with zero attached hydrogens (tertiary/aromatic N) is 4. The van der Waals surface area contributed by atoms with Crippen molar-refractivity contribution >= 4 is 21.6 Å². The number of nitrogens with one attached hydrogen (secondary N) is 3. The van der Waals surface area contributed by atoms with Crippen LogP contribution in [0.15, 0.2) is 53.4 Å². The summed E-state index contributed by atoms with van der Waals surface area (Å²) in [5.41, 5.74) is 6.59. The number of hydrogen-bond donors (Lipinski definition) is 3. The summed E-state index contributed by atoms with van der Waals surface area (Å²) in [4.78, 5) is 15.8. The van der Waals surface area contributed by atoms with Crippen LogP contribution < -0.4 is 16.1 Å². The molecule has 5 rings (SSSR count). The highest BCUT2D eigenvalue weighted by Gasteiger charge is 2.54. The van der Waals surface area contributed by atoms with E-state index in [1.807, 2.05) is 0 Å². The maximum absolute atomic E-state index is 13.2. The third-order valence-corrected chi connectivity index (χ3v) is 11.0. The first kappa shape index (κ1) is 30.4. The van der Waals surface area contributed by atoms with Crippen LogP contribution in [0, 0.1) is 17.2 Å². The Morgan fingerprint density at radius 1 is 1.10 bits per heavy atom. The first-order chi connectivity index (χ1) is 20.0. The Labute approximate surface area is 250 Å². The van der Waals surface area contributed by atoms with Crippen molar-refractivity contribution in [2.75, 3.05) is 39.0 Å². The number of fused-ring (bicyclic) bond motifs is 1. The van der Waals surface area contributed by atoms with Crippen molar-refractivity contribution in [1.82, 2.24) is 25.0 Å². The summed E-state index contributed by atoms with van der Waals surface area (Å²) in [7, 11) is -0.522. The average Bonchev–Trinajstić information content (AvgIpc) is 3.35. The van der Waals surface area contributed by atoms with Crippen LogP contribution in [0.25, 0.3) is 0 Å². The summed E-state index contributed by atoms with van der Waals surface area (Å²) >= 11 is 0. The van der Waals surface area contributed by atoms with Gasteiger partial charge in [0.05, 0.1) is 28.8 Å². The molecule has 1 amide bonds. The summed E-state index contributed by atoms with van der Waals surface area (Å²) in [6, 6.07) is 17.9. The number of hydrogen-bond acceptors (Lipinski definition) is 8. The molecule has 3 heterocycles. The maximum atomic E-state index is 13.2. The zero-order valence-electron chi connectivity index (χ0n) is 25.0. The lowest BCUT2D eigenvalue weighted by Crippen LogP contribution is -2.62. The maximum Gasteiger partial charge on any atom is 0.242 e. The highest BCUT2D eigenvalue weighted by molar-refractivity contribution is 7.89. The van der Waals surface area contributed by atoms with Crippen LogP contribution in [-0.4, -0.2) is 80.0 Å². The minimum absolute atomic E-state index is 0.0139. The van der Waals surface area contributed by atoms with Crippen molar-refractivity contribution in [1.29, 1.82) is 5.26 Å². The number of benzene rings is 2. The first-order valence-corrected chi connectivity index (χ1v) is 16.3. The summed E-state index contributed by atoms with van der Waals surface area (Å²) < 4.78 is 26.2. The Hall–Kier alpha value is -3.01. The Balaban J connectivity index is 1.31. The quantitative estimate of drug-likeness (QED) is 0.406. The van der Waals surface area contributed by atoms with Gasteiger partial charge in [-0.3, -0.25) is 9.69 Å². The standard InChI is InChI=1S/C31H43N7O3S/c1-22(2)24-7-5-23(6-8-24)21-37-19-15-31(14-17-32,16-20-37)38-27-13-18-33-30(39)28(27)29(35-38)34-25-9-11-26(12-10-25)42(40,41)36(3)4/h5-12,22,27-29,34-35H,13-16,18-21H2,1-4H3,(H,33,39). The molecule has 0 bridgehead atoms. The van der Waals surface area contributed by atoms with Crippen molar-refractivity contribution in [3.63, 3.8) is 0 Å². The van der Waals surface area contributed by atoms with Crippen LogP contribution in [0.4, 0.5) is 5.69 Å². The summed E-state index contributed by atoms with van der Waals surface area (Å²) in [6.45, 7) is 7.63. The molecule has 2 aromatic carbocycles. The van der Waals surface area contributed by atoms with Crippen molar-refractivity contribution < 1.29 is 13.2 Å². The molecular weight excluding hydrogens is 550 g/mol. The fourth-order valence-electron chi connectivity index (χ4n) is 6.57. The molecule has 0 radical (unpaired) electrons. The van der Waals surface area contributed by atoms with Gasteiger partial charge in [-0.2, -0.15) is 5.26 Å². The zero-order valence-corrected chi connectivity index (χ0v) is 25.8. The molecule has 226 valence electrons. The van der Waals surface area contributed by atoms with Crippen LogP contribution >= 0.6 is 0 Å².